The molecular weight excluding hydrogens is 505 g/mol. The van der Waals surface area contributed by atoms with Gasteiger partial charge in [0.1, 0.15) is 0 Å². The number of hydrogen-bond donors (Lipinski definition) is 2. The third-order valence-corrected chi connectivity index (χ3v) is 5.03. The monoisotopic (exact) mass is 535 g/mol. The minimum atomic E-state index is 0. The Morgan fingerprint density at radius 3 is 2.42 bits per heavy atom. The van der Waals surface area contributed by atoms with Crippen molar-refractivity contribution >= 4 is 29.9 Å². The zero-order valence-corrected chi connectivity index (χ0v) is 20.7. The van der Waals surface area contributed by atoms with Crippen LogP contribution in [0, 0.1) is 13.8 Å². The normalized spacial score (nSPS) is 11.0. The Morgan fingerprint density at radius 2 is 1.74 bits per heavy atom. The fourth-order valence-electron chi connectivity index (χ4n) is 3.29. The quantitative estimate of drug-likeness (QED) is 0.261. The van der Waals surface area contributed by atoms with Gasteiger partial charge in [0, 0.05) is 17.8 Å². The van der Waals surface area contributed by atoms with E-state index in [1.54, 1.807) is 14.2 Å². The summed E-state index contributed by atoms with van der Waals surface area (Å²) >= 11 is 0. The fourth-order valence-corrected chi connectivity index (χ4v) is 3.29. The predicted molar refractivity (Wildman–Crippen MR) is 134 cm³/mol. The third kappa shape index (κ3) is 6.36. The number of nitrogens with one attached hydrogen (secondary N) is 1. The second-order valence-corrected chi connectivity index (χ2v) is 7.04. The van der Waals surface area contributed by atoms with Crippen molar-refractivity contribution in [2.45, 2.75) is 33.5 Å². The van der Waals surface area contributed by atoms with E-state index in [9.17, 15) is 0 Å². The van der Waals surface area contributed by atoms with E-state index in [2.05, 4.69) is 34.5 Å². The van der Waals surface area contributed by atoms with Gasteiger partial charge in [-0.25, -0.2) is 4.99 Å². The number of benzene rings is 2. The lowest BCUT2D eigenvalue weighted by Crippen LogP contribution is -2.31. The number of guanidine groups is 1. The summed E-state index contributed by atoms with van der Waals surface area (Å²) in [7, 11) is 3.23. The van der Waals surface area contributed by atoms with Crippen LogP contribution in [0.2, 0.25) is 0 Å². The molecule has 0 aliphatic rings. The van der Waals surface area contributed by atoms with Crippen molar-refractivity contribution in [1.82, 2.24) is 15.1 Å². The van der Waals surface area contributed by atoms with E-state index in [0.29, 0.717) is 30.5 Å². The molecule has 0 amide bonds. The van der Waals surface area contributed by atoms with Gasteiger partial charge in [0.2, 0.25) is 0 Å². The maximum absolute atomic E-state index is 6.08. The van der Waals surface area contributed by atoms with Crippen LogP contribution in [0.1, 0.15) is 28.1 Å². The number of nitrogens with zero attached hydrogens (tertiary/aromatic N) is 3. The highest BCUT2D eigenvalue weighted by atomic mass is 127. The van der Waals surface area contributed by atoms with E-state index in [1.165, 1.54) is 5.56 Å². The predicted octanol–water partition coefficient (Wildman–Crippen LogP) is 3.79. The van der Waals surface area contributed by atoms with Crippen molar-refractivity contribution in [2.24, 2.45) is 10.7 Å². The van der Waals surface area contributed by atoms with E-state index in [4.69, 9.17) is 15.2 Å². The molecule has 8 heteroatoms. The van der Waals surface area contributed by atoms with Crippen molar-refractivity contribution in [1.29, 1.82) is 0 Å². The van der Waals surface area contributed by atoms with Crippen molar-refractivity contribution in [2.75, 3.05) is 14.2 Å². The van der Waals surface area contributed by atoms with Crippen LogP contribution in [0.5, 0.6) is 11.5 Å². The molecule has 0 spiro atoms. The van der Waals surface area contributed by atoms with Crippen LogP contribution in [-0.4, -0.2) is 30.0 Å². The van der Waals surface area contributed by atoms with E-state index in [1.807, 2.05) is 48.0 Å². The van der Waals surface area contributed by atoms with Crippen molar-refractivity contribution in [3.05, 3.63) is 76.6 Å². The lowest BCUT2D eigenvalue weighted by atomic mass is 10.2. The minimum absolute atomic E-state index is 0. The zero-order valence-electron chi connectivity index (χ0n) is 18.4. The molecule has 0 aliphatic heterocycles. The van der Waals surface area contributed by atoms with Gasteiger partial charge in [-0.15, -0.1) is 24.0 Å². The number of halogens is 1. The molecule has 0 saturated heterocycles. The van der Waals surface area contributed by atoms with Crippen LogP contribution in [0.3, 0.4) is 0 Å². The number of methoxy groups -OCH3 is 2. The lowest BCUT2D eigenvalue weighted by molar-refractivity contribution is 0.354. The summed E-state index contributed by atoms with van der Waals surface area (Å²) in [6.07, 6.45) is 0. The van der Waals surface area contributed by atoms with E-state index in [0.717, 1.165) is 29.1 Å². The van der Waals surface area contributed by atoms with Gasteiger partial charge in [0.05, 0.1) is 33.0 Å². The summed E-state index contributed by atoms with van der Waals surface area (Å²) in [5.74, 6) is 1.75. The average molecular weight is 535 g/mol. The average Bonchev–Trinajstić information content (AvgIpc) is 3.03. The first-order valence-corrected chi connectivity index (χ1v) is 9.83. The molecule has 1 aromatic heterocycles. The maximum atomic E-state index is 6.08. The molecule has 0 radical (unpaired) electrons. The maximum Gasteiger partial charge on any atom is 0.189 e. The molecule has 0 atom stereocenters. The molecule has 166 valence electrons. The molecule has 0 bridgehead atoms. The molecule has 0 saturated carbocycles. The summed E-state index contributed by atoms with van der Waals surface area (Å²) in [4.78, 5) is 4.43. The van der Waals surface area contributed by atoms with E-state index in [-0.39, 0.29) is 24.0 Å². The van der Waals surface area contributed by atoms with Gasteiger partial charge in [-0.1, -0.05) is 36.4 Å². The number of ether oxygens (including phenoxy) is 2. The highest BCUT2D eigenvalue weighted by Crippen LogP contribution is 2.27. The first kappa shape index (κ1) is 24.5. The van der Waals surface area contributed by atoms with Crippen molar-refractivity contribution < 1.29 is 9.47 Å². The van der Waals surface area contributed by atoms with E-state index < -0.39 is 0 Å². The van der Waals surface area contributed by atoms with Gasteiger partial charge >= 0.3 is 0 Å². The van der Waals surface area contributed by atoms with Gasteiger partial charge in [-0.05, 0) is 37.1 Å². The Balaban J connectivity index is 0.00000341. The molecule has 0 unspecified atom stereocenters. The highest BCUT2D eigenvalue weighted by Gasteiger charge is 2.12. The third-order valence-electron chi connectivity index (χ3n) is 5.03. The molecule has 3 aromatic rings. The molecule has 3 rings (SSSR count). The minimum Gasteiger partial charge on any atom is -0.493 e. The van der Waals surface area contributed by atoms with Crippen LogP contribution < -0.4 is 20.5 Å². The summed E-state index contributed by atoms with van der Waals surface area (Å²) in [6.45, 7) is 5.87. The number of aryl methyl sites for hydroxylation is 1. The Hall–Kier alpha value is -2.75. The summed E-state index contributed by atoms with van der Waals surface area (Å²) in [5.41, 5.74) is 11.5. The fraction of sp³-hybridized carbons (Fsp3) is 0.304. The van der Waals surface area contributed by atoms with Gasteiger partial charge in [0.15, 0.2) is 17.5 Å². The SMILES string of the molecule is COc1ccc(CN=C(N)NCc2c(C)nn(Cc3ccccc3)c2C)cc1OC.I. The van der Waals surface area contributed by atoms with Crippen LogP contribution in [0.15, 0.2) is 53.5 Å². The number of nitrogens with two attached hydrogens (primary N) is 1. The smallest absolute Gasteiger partial charge is 0.189 e. The number of rotatable bonds is 8. The molecule has 2 aromatic carbocycles. The second kappa shape index (κ2) is 11.6. The van der Waals surface area contributed by atoms with Crippen LogP contribution in [0.4, 0.5) is 0 Å². The topological polar surface area (TPSA) is 86.7 Å². The zero-order chi connectivity index (χ0) is 21.5. The molecule has 3 N–H and O–H groups in total. The Labute approximate surface area is 200 Å². The first-order valence-electron chi connectivity index (χ1n) is 9.83. The lowest BCUT2D eigenvalue weighted by Gasteiger charge is -2.09. The Bertz CT molecular complexity index is 1020. The highest BCUT2D eigenvalue weighted by molar-refractivity contribution is 14.0. The largest absolute Gasteiger partial charge is 0.493 e. The van der Waals surface area contributed by atoms with Gasteiger partial charge < -0.3 is 20.5 Å². The van der Waals surface area contributed by atoms with Crippen LogP contribution >= 0.6 is 24.0 Å². The van der Waals surface area contributed by atoms with Gasteiger partial charge in [-0.3, -0.25) is 4.68 Å². The molecule has 0 fully saturated rings. The van der Waals surface area contributed by atoms with Gasteiger partial charge in [0.25, 0.3) is 0 Å². The first-order chi connectivity index (χ1) is 14.5. The second-order valence-electron chi connectivity index (χ2n) is 7.04. The number of hydrogen-bond acceptors (Lipinski definition) is 4. The standard InChI is InChI=1S/C23H29N5O2.HI/c1-16-20(17(2)28(27-16)15-18-8-6-5-7-9-18)14-26-23(24)25-13-19-10-11-21(29-3)22(12-19)30-4;/h5-12H,13-15H2,1-4H3,(H3,24,25,26);1H. The number of aliphatic imine (C=N–C) groups is 1. The Morgan fingerprint density at radius 1 is 1.03 bits per heavy atom. The molecule has 31 heavy (non-hydrogen) atoms. The number of aromatic nitrogens is 2. The van der Waals surface area contributed by atoms with Gasteiger partial charge in [-0.2, -0.15) is 5.10 Å². The summed E-state index contributed by atoms with van der Waals surface area (Å²) < 4.78 is 12.6. The molecular formula is C23H30IN5O2. The molecule has 1 heterocycles. The van der Waals surface area contributed by atoms with E-state index >= 15 is 0 Å². The van der Waals surface area contributed by atoms with Crippen molar-refractivity contribution in [3.8, 4) is 11.5 Å². The molecule has 0 aliphatic carbocycles. The van der Waals surface area contributed by atoms with Crippen LogP contribution in [-0.2, 0) is 19.6 Å². The Kier molecular flexibility index (Phi) is 9.17. The van der Waals surface area contributed by atoms with Crippen molar-refractivity contribution in [3.63, 3.8) is 0 Å². The molecule has 7 nitrogen and oxygen atoms in total. The van der Waals surface area contributed by atoms with Crippen LogP contribution in [0.25, 0.3) is 0 Å². The summed E-state index contributed by atoms with van der Waals surface area (Å²) in [5, 5.41) is 7.88. The summed E-state index contributed by atoms with van der Waals surface area (Å²) in [6, 6.07) is 16.0.